The van der Waals surface area contributed by atoms with E-state index in [2.05, 4.69) is 5.32 Å². The van der Waals surface area contributed by atoms with Gasteiger partial charge in [-0.25, -0.2) is 0 Å². The number of nitrogens with one attached hydrogen (secondary N) is 1. The summed E-state index contributed by atoms with van der Waals surface area (Å²) in [5, 5.41) is 12.9. The number of hydrogen-bond donors (Lipinski definition) is 2. The summed E-state index contributed by atoms with van der Waals surface area (Å²) in [7, 11) is 0. The maximum atomic E-state index is 12.7. The zero-order chi connectivity index (χ0) is 15.5. The minimum absolute atomic E-state index is 0.119. The third-order valence-electron chi connectivity index (χ3n) is 4.01. The lowest BCUT2D eigenvalue weighted by Crippen LogP contribution is -2.40. The number of halogens is 3. The molecule has 1 aliphatic carbocycles. The van der Waals surface area contributed by atoms with E-state index in [1.54, 1.807) is 6.07 Å². The molecule has 0 heterocycles. The Bertz CT molecular complexity index is 453. The number of alkyl halides is 3. The highest BCUT2D eigenvalue weighted by Crippen LogP contribution is 2.29. The van der Waals surface area contributed by atoms with Gasteiger partial charge in [-0.05, 0) is 50.7 Å². The summed E-state index contributed by atoms with van der Waals surface area (Å²) in [6.45, 7) is 1.99. The average Bonchev–Trinajstić information content (AvgIpc) is 2.41. The van der Waals surface area contributed by atoms with Gasteiger partial charge in [0.05, 0.1) is 11.7 Å². The Morgan fingerprint density at radius 2 is 1.90 bits per heavy atom. The zero-order valence-electron chi connectivity index (χ0n) is 12.2. The van der Waals surface area contributed by atoms with E-state index in [-0.39, 0.29) is 12.1 Å². The SMILES string of the molecule is C[C@@H](Cc1cccc(C(F)(F)F)c1)NC1CCC(O)CC1. The molecule has 21 heavy (non-hydrogen) atoms. The van der Waals surface area contributed by atoms with Gasteiger partial charge in [-0.2, -0.15) is 13.2 Å². The Morgan fingerprint density at radius 1 is 1.24 bits per heavy atom. The predicted octanol–water partition coefficient (Wildman–Crippen LogP) is 3.53. The van der Waals surface area contributed by atoms with Gasteiger partial charge in [0.2, 0.25) is 0 Å². The molecule has 0 radical (unpaired) electrons. The van der Waals surface area contributed by atoms with Crippen molar-refractivity contribution in [3.63, 3.8) is 0 Å². The van der Waals surface area contributed by atoms with Crippen LogP contribution in [0.1, 0.15) is 43.7 Å². The normalized spacial score (nSPS) is 24.8. The van der Waals surface area contributed by atoms with E-state index < -0.39 is 11.7 Å². The first-order valence-corrected chi connectivity index (χ1v) is 7.45. The third kappa shape index (κ3) is 5.00. The van der Waals surface area contributed by atoms with E-state index in [9.17, 15) is 18.3 Å². The van der Waals surface area contributed by atoms with Gasteiger partial charge in [-0.1, -0.05) is 18.2 Å². The van der Waals surface area contributed by atoms with E-state index >= 15 is 0 Å². The van der Waals surface area contributed by atoms with Crippen LogP contribution >= 0.6 is 0 Å². The van der Waals surface area contributed by atoms with Crippen LogP contribution in [0.4, 0.5) is 13.2 Å². The first-order valence-electron chi connectivity index (χ1n) is 7.45. The molecule has 0 aromatic heterocycles. The van der Waals surface area contributed by atoms with E-state index in [0.29, 0.717) is 18.0 Å². The second kappa shape index (κ2) is 6.79. The van der Waals surface area contributed by atoms with Gasteiger partial charge in [-0.3, -0.25) is 0 Å². The molecule has 0 saturated heterocycles. The summed E-state index contributed by atoms with van der Waals surface area (Å²) < 4.78 is 38.0. The molecule has 2 nitrogen and oxygen atoms in total. The zero-order valence-corrected chi connectivity index (χ0v) is 12.2. The Hall–Kier alpha value is -1.07. The topological polar surface area (TPSA) is 32.3 Å². The lowest BCUT2D eigenvalue weighted by atomic mass is 9.92. The Labute approximate surface area is 123 Å². The molecular weight excluding hydrogens is 279 g/mol. The molecule has 1 aliphatic rings. The van der Waals surface area contributed by atoms with Gasteiger partial charge in [-0.15, -0.1) is 0 Å². The van der Waals surface area contributed by atoms with Gasteiger partial charge in [0.1, 0.15) is 0 Å². The second-order valence-electron chi connectivity index (χ2n) is 5.98. The van der Waals surface area contributed by atoms with Gasteiger partial charge < -0.3 is 10.4 Å². The highest BCUT2D eigenvalue weighted by atomic mass is 19.4. The number of aliphatic hydroxyl groups is 1. The Morgan fingerprint density at radius 3 is 2.52 bits per heavy atom. The molecule has 1 fully saturated rings. The van der Waals surface area contributed by atoms with Crippen molar-refractivity contribution in [2.75, 3.05) is 0 Å². The molecule has 2 rings (SSSR count). The molecule has 5 heteroatoms. The van der Waals surface area contributed by atoms with Crippen LogP contribution in [-0.2, 0) is 12.6 Å². The fourth-order valence-electron chi connectivity index (χ4n) is 2.93. The first kappa shape index (κ1) is 16.3. The highest BCUT2D eigenvalue weighted by Gasteiger charge is 2.30. The van der Waals surface area contributed by atoms with Crippen molar-refractivity contribution in [2.45, 2.75) is 63.4 Å². The van der Waals surface area contributed by atoms with Gasteiger partial charge >= 0.3 is 6.18 Å². The molecule has 1 saturated carbocycles. The van der Waals surface area contributed by atoms with Crippen molar-refractivity contribution in [1.82, 2.24) is 5.32 Å². The van der Waals surface area contributed by atoms with Crippen LogP contribution in [0.2, 0.25) is 0 Å². The monoisotopic (exact) mass is 301 g/mol. The predicted molar refractivity (Wildman–Crippen MR) is 76.0 cm³/mol. The van der Waals surface area contributed by atoms with E-state index in [0.717, 1.165) is 31.7 Å². The van der Waals surface area contributed by atoms with Crippen LogP contribution in [0.15, 0.2) is 24.3 Å². The second-order valence-corrected chi connectivity index (χ2v) is 5.98. The molecule has 0 aliphatic heterocycles. The summed E-state index contributed by atoms with van der Waals surface area (Å²) in [5.74, 6) is 0. The fraction of sp³-hybridized carbons (Fsp3) is 0.625. The maximum Gasteiger partial charge on any atom is 0.416 e. The van der Waals surface area contributed by atoms with E-state index in [4.69, 9.17) is 0 Å². The number of hydrogen-bond acceptors (Lipinski definition) is 2. The largest absolute Gasteiger partial charge is 0.416 e. The quantitative estimate of drug-likeness (QED) is 0.891. The Kier molecular flexibility index (Phi) is 5.27. The standard InChI is InChI=1S/C16H22F3NO/c1-11(20-14-5-7-15(21)8-6-14)9-12-3-2-4-13(10-12)16(17,18)19/h2-4,10-11,14-15,20-21H,5-9H2,1H3/t11-,14?,15?/m0/s1. The van der Waals surface area contributed by atoms with Gasteiger partial charge in [0, 0.05) is 12.1 Å². The van der Waals surface area contributed by atoms with Gasteiger partial charge in [0.15, 0.2) is 0 Å². The van der Waals surface area contributed by atoms with E-state index in [1.165, 1.54) is 12.1 Å². The molecule has 118 valence electrons. The molecular formula is C16H22F3NO. The van der Waals surface area contributed by atoms with Crippen molar-refractivity contribution in [2.24, 2.45) is 0 Å². The molecule has 2 N–H and O–H groups in total. The van der Waals surface area contributed by atoms with Crippen LogP contribution in [0.3, 0.4) is 0 Å². The average molecular weight is 301 g/mol. The molecule has 0 amide bonds. The maximum absolute atomic E-state index is 12.7. The minimum atomic E-state index is -4.29. The summed E-state index contributed by atoms with van der Waals surface area (Å²) in [6.07, 6.45) is -0.457. The van der Waals surface area contributed by atoms with Crippen molar-refractivity contribution in [3.05, 3.63) is 35.4 Å². The Balaban J connectivity index is 1.89. The summed E-state index contributed by atoms with van der Waals surface area (Å²) in [5.41, 5.74) is 0.105. The van der Waals surface area contributed by atoms with Crippen LogP contribution in [0.5, 0.6) is 0 Å². The van der Waals surface area contributed by atoms with Crippen molar-refractivity contribution >= 4 is 0 Å². The smallest absolute Gasteiger partial charge is 0.393 e. The summed E-state index contributed by atoms with van der Waals surface area (Å²) >= 11 is 0. The van der Waals surface area contributed by atoms with Gasteiger partial charge in [0.25, 0.3) is 0 Å². The number of benzene rings is 1. The number of aliphatic hydroxyl groups excluding tert-OH is 1. The minimum Gasteiger partial charge on any atom is -0.393 e. The molecule has 0 bridgehead atoms. The summed E-state index contributed by atoms with van der Waals surface area (Å²) in [6, 6.07) is 6.00. The van der Waals surface area contributed by atoms with Crippen molar-refractivity contribution in [1.29, 1.82) is 0 Å². The number of rotatable bonds is 4. The highest BCUT2D eigenvalue weighted by molar-refractivity contribution is 5.26. The van der Waals surface area contributed by atoms with Crippen LogP contribution < -0.4 is 5.32 Å². The molecule has 0 spiro atoms. The van der Waals surface area contributed by atoms with Crippen molar-refractivity contribution < 1.29 is 18.3 Å². The van der Waals surface area contributed by atoms with Crippen LogP contribution in [0, 0.1) is 0 Å². The fourth-order valence-corrected chi connectivity index (χ4v) is 2.93. The summed E-state index contributed by atoms with van der Waals surface area (Å²) in [4.78, 5) is 0. The molecule has 0 unspecified atom stereocenters. The van der Waals surface area contributed by atoms with Crippen LogP contribution in [0.25, 0.3) is 0 Å². The third-order valence-corrected chi connectivity index (χ3v) is 4.01. The lowest BCUT2D eigenvalue weighted by Gasteiger charge is -2.29. The molecule has 1 aromatic carbocycles. The first-order chi connectivity index (χ1) is 9.84. The van der Waals surface area contributed by atoms with E-state index in [1.807, 2.05) is 6.92 Å². The van der Waals surface area contributed by atoms with Crippen molar-refractivity contribution in [3.8, 4) is 0 Å². The lowest BCUT2D eigenvalue weighted by molar-refractivity contribution is -0.137. The molecule has 1 atom stereocenters. The van der Waals surface area contributed by atoms with Crippen LogP contribution in [-0.4, -0.2) is 23.3 Å². The molecule has 1 aromatic rings.